The van der Waals surface area contributed by atoms with Gasteiger partial charge in [0.25, 0.3) is 0 Å². The lowest BCUT2D eigenvalue weighted by Crippen LogP contribution is -2.32. The quantitative estimate of drug-likeness (QED) is 0.576. The van der Waals surface area contributed by atoms with Crippen LogP contribution in [0.5, 0.6) is 0 Å². The van der Waals surface area contributed by atoms with Crippen molar-refractivity contribution in [3.8, 4) is 0 Å². The van der Waals surface area contributed by atoms with E-state index in [-0.39, 0.29) is 12.5 Å². The van der Waals surface area contributed by atoms with Crippen LogP contribution < -0.4 is 11.1 Å². The Kier molecular flexibility index (Phi) is 2.27. The molecule has 1 saturated carbocycles. The number of carbonyl (C=O) groups excluding carboxylic acids is 1. The first kappa shape index (κ1) is 7.54. The van der Waals surface area contributed by atoms with Crippen molar-refractivity contribution < 1.29 is 4.79 Å². The van der Waals surface area contributed by atoms with Crippen LogP contribution in [0.3, 0.4) is 0 Å². The van der Waals surface area contributed by atoms with Gasteiger partial charge in [-0.15, -0.1) is 0 Å². The molecule has 0 heterocycles. The van der Waals surface area contributed by atoms with E-state index in [0.29, 0.717) is 6.04 Å². The Morgan fingerprint density at radius 1 is 1.80 bits per heavy atom. The molecule has 1 fully saturated rings. The maximum Gasteiger partial charge on any atom is 0.233 e. The Hall–Kier alpha value is -0.570. The van der Waals surface area contributed by atoms with E-state index >= 15 is 0 Å². The lowest BCUT2D eigenvalue weighted by atomic mass is 10.3. The summed E-state index contributed by atoms with van der Waals surface area (Å²) in [6.07, 6.45) is 2.30. The van der Waals surface area contributed by atoms with Crippen LogP contribution in [0.15, 0.2) is 0 Å². The number of nitrogens with two attached hydrogens (primary N) is 1. The average Bonchev–Trinajstić information content (AvgIpc) is 2.67. The number of carbonyl (C=O) groups is 1. The van der Waals surface area contributed by atoms with Crippen molar-refractivity contribution in [2.24, 2.45) is 11.7 Å². The van der Waals surface area contributed by atoms with Crippen molar-refractivity contribution in [2.75, 3.05) is 6.54 Å². The van der Waals surface area contributed by atoms with E-state index in [2.05, 4.69) is 12.2 Å². The van der Waals surface area contributed by atoms with Crippen LogP contribution in [-0.2, 0) is 4.79 Å². The minimum Gasteiger partial charge on any atom is -0.352 e. The number of nitrogens with one attached hydrogen (secondary N) is 1. The van der Waals surface area contributed by atoms with Crippen LogP contribution in [0.2, 0.25) is 0 Å². The predicted octanol–water partition coefficient (Wildman–Crippen LogP) is -0.140. The highest BCUT2D eigenvalue weighted by Gasteiger charge is 2.35. The summed E-state index contributed by atoms with van der Waals surface area (Å²) in [5, 5.41) is 2.84. The molecule has 0 aromatic carbocycles. The molecule has 0 bridgehead atoms. The van der Waals surface area contributed by atoms with Gasteiger partial charge in [-0.1, -0.05) is 13.3 Å². The second-order valence-corrected chi connectivity index (χ2v) is 2.78. The second kappa shape index (κ2) is 3.01. The lowest BCUT2D eigenvalue weighted by Gasteiger charge is -1.99. The molecule has 58 valence electrons. The second-order valence-electron chi connectivity index (χ2n) is 2.78. The third kappa shape index (κ3) is 1.70. The van der Waals surface area contributed by atoms with E-state index in [1.165, 1.54) is 0 Å². The molecule has 0 aliphatic heterocycles. The Labute approximate surface area is 61.0 Å². The van der Waals surface area contributed by atoms with Crippen molar-refractivity contribution in [3.05, 3.63) is 0 Å². The number of hydrogen-bond acceptors (Lipinski definition) is 2. The van der Waals surface area contributed by atoms with Crippen LogP contribution in [0.1, 0.15) is 19.8 Å². The van der Waals surface area contributed by atoms with E-state index in [9.17, 15) is 4.79 Å². The monoisotopic (exact) mass is 142 g/mol. The summed E-state index contributed by atoms with van der Waals surface area (Å²) < 4.78 is 0. The lowest BCUT2D eigenvalue weighted by molar-refractivity contribution is -0.119. The van der Waals surface area contributed by atoms with E-state index in [1.54, 1.807) is 0 Å². The Balaban J connectivity index is 2.11. The topological polar surface area (TPSA) is 55.1 Å². The summed E-state index contributed by atoms with van der Waals surface area (Å²) >= 11 is 0. The largest absolute Gasteiger partial charge is 0.352 e. The fourth-order valence-corrected chi connectivity index (χ4v) is 1.14. The first-order chi connectivity index (χ1) is 4.77. The normalized spacial score (nSPS) is 29.8. The molecule has 1 aliphatic carbocycles. The molecule has 0 aromatic rings. The molecule has 2 atom stereocenters. The van der Waals surface area contributed by atoms with Gasteiger partial charge in [-0.25, -0.2) is 0 Å². The first-order valence-electron chi connectivity index (χ1n) is 3.77. The molecule has 1 aliphatic rings. The molecular formula is C7H14N2O. The molecular weight excluding hydrogens is 128 g/mol. The van der Waals surface area contributed by atoms with Crippen molar-refractivity contribution >= 4 is 5.91 Å². The first-order valence-corrected chi connectivity index (χ1v) is 3.77. The van der Waals surface area contributed by atoms with Gasteiger partial charge in [0.2, 0.25) is 5.91 Å². The number of amides is 1. The molecule has 3 N–H and O–H groups in total. The summed E-state index contributed by atoms with van der Waals surface area (Å²) in [5.41, 5.74) is 5.12. The highest BCUT2D eigenvalue weighted by molar-refractivity contribution is 5.78. The number of hydrogen-bond donors (Lipinski definition) is 2. The van der Waals surface area contributed by atoms with E-state index in [4.69, 9.17) is 5.73 Å². The Bertz CT molecular complexity index is 136. The minimum atomic E-state index is -0.0269. The van der Waals surface area contributed by atoms with E-state index < -0.39 is 0 Å². The molecule has 2 unspecified atom stereocenters. The molecule has 0 aromatic heterocycles. The summed E-state index contributed by atoms with van der Waals surface area (Å²) in [5.74, 6) is 0.691. The zero-order valence-electron chi connectivity index (χ0n) is 6.26. The van der Waals surface area contributed by atoms with Crippen molar-refractivity contribution in [1.29, 1.82) is 0 Å². The van der Waals surface area contributed by atoms with Gasteiger partial charge in [0.05, 0.1) is 6.54 Å². The maximum atomic E-state index is 10.7. The number of rotatable bonds is 3. The molecule has 1 amide bonds. The van der Waals surface area contributed by atoms with Crippen LogP contribution in [0.4, 0.5) is 0 Å². The van der Waals surface area contributed by atoms with Gasteiger partial charge in [-0.3, -0.25) is 4.79 Å². The summed E-state index contributed by atoms with van der Waals surface area (Å²) in [6.45, 7) is 2.26. The van der Waals surface area contributed by atoms with Gasteiger partial charge in [-0.2, -0.15) is 0 Å². The summed E-state index contributed by atoms with van der Waals surface area (Å²) in [6, 6.07) is 0.432. The summed E-state index contributed by atoms with van der Waals surface area (Å²) in [7, 11) is 0. The minimum absolute atomic E-state index is 0.0269. The zero-order valence-corrected chi connectivity index (χ0v) is 6.26. The van der Waals surface area contributed by atoms with Gasteiger partial charge in [0, 0.05) is 6.04 Å². The van der Waals surface area contributed by atoms with Crippen molar-refractivity contribution in [3.63, 3.8) is 0 Å². The van der Waals surface area contributed by atoms with Crippen molar-refractivity contribution in [1.82, 2.24) is 5.32 Å². The van der Waals surface area contributed by atoms with Crippen LogP contribution in [0, 0.1) is 5.92 Å². The van der Waals surface area contributed by atoms with Gasteiger partial charge >= 0.3 is 0 Å². The smallest absolute Gasteiger partial charge is 0.233 e. The third-order valence-electron chi connectivity index (χ3n) is 1.98. The highest BCUT2D eigenvalue weighted by atomic mass is 16.1. The molecule has 3 nitrogen and oxygen atoms in total. The van der Waals surface area contributed by atoms with Crippen LogP contribution in [0.25, 0.3) is 0 Å². The van der Waals surface area contributed by atoms with Crippen molar-refractivity contribution in [2.45, 2.75) is 25.8 Å². The average molecular weight is 142 g/mol. The standard InChI is InChI=1S/C7H14N2O/c1-2-5-3-6(5)9-7(10)4-8/h5-6H,2-4,8H2,1H3,(H,9,10). The Morgan fingerprint density at radius 2 is 2.50 bits per heavy atom. The van der Waals surface area contributed by atoms with Crippen LogP contribution >= 0.6 is 0 Å². The Morgan fingerprint density at radius 3 is 2.90 bits per heavy atom. The molecule has 0 saturated heterocycles. The molecule has 1 rings (SSSR count). The van der Waals surface area contributed by atoms with Gasteiger partial charge in [0.15, 0.2) is 0 Å². The van der Waals surface area contributed by atoms with Gasteiger partial charge in [0.1, 0.15) is 0 Å². The highest BCUT2D eigenvalue weighted by Crippen LogP contribution is 2.32. The van der Waals surface area contributed by atoms with Gasteiger partial charge < -0.3 is 11.1 Å². The fraction of sp³-hybridized carbons (Fsp3) is 0.857. The fourth-order valence-electron chi connectivity index (χ4n) is 1.14. The predicted molar refractivity (Wildman–Crippen MR) is 39.4 cm³/mol. The SMILES string of the molecule is CCC1CC1NC(=O)CN. The van der Waals surface area contributed by atoms with E-state index in [1.807, 2.05) is 0 Å². The van der Waals surface area contributed by atoms with Crippen LogP contribution in [-0.4, -0.2) is 18.5 Å². The van der Waals surface area contributed by atoms with Gasteiger partial charge in [-0.05, 0) is 12.3 Å². The molecule has 0 spiro atoms. The third-order valence-corrected chi connectivity index (χ3v) is 1.98. The molecule has 3 heteroatoms. The molecule has 0 radical (unpaired) electrons. The van der Waals surface area contributed by atoms with E-state index in [0.717, 1.165) is 18.8 Å². The zero-order chi connectivity index (χ0) is 7.56. The summed E-state index contributed by atoms with van der Waals surface area (Å²) in [4.78, 5) is 10.7. The maximum absolute atomic E-state index is 10.7. The molecule has 10 heavy (non-hydrogen) atoms.